The van der Waals surface area contributed by atoms with Crippen LogP contribution in [0.1, 0.15) is 30.9 Å². The quantitative estimate of drug-likeness (QED) is 0.704. The molecule has 0 saturated heterocycles. The summed E-state index contributed by atoms with van der Waals surface area (Å²) >= 11 is 0. The summed E-state index contributed by atoms with van der Waals surface area (Å²) in [6.07, 6.45) is 4.73. The largest absolute Gasteiger partial charge is 0.493 e. The van der Waals surface area contributed by atoms with Gasteiger partial charge in [0.1, 0.15) is 5.75 Å². The Bertz CT molecular complexity index is 406. The van der Waals surface area contributed by atoms with E-state index >= 15 is 0 Å². The van der Waals surface area contributed by atoms with Crippen molar-refractivity contribution in [1.29, 1.82) is 0 Å². The predicted octanol–water partition coefficient (Wildman–Crippen LogP) is 2.82. The summed E-state index contributed by atoms with van der Waals surface area (Å²) in [4.78, 5) is 0. The van der Waals surface area contributed by atoms with Crippen LogP contribution in [-0.4, -0.2) is 33.4 Å². The number of fused-ring (bicyclic) bond motifs is 1. The molecule has 0 amide bonds. The first-order chi connectivity index (χ1) is 9.79. The van der Waals surface area contributed by atoms with Gasteiger partial charge in [0, 0.05) is 20.1 Å². The molecule has 1 heterocycles. The minimum absolute atomic E-state index is 0.759. The summed E-state index contributed by atoms with van der Waals surface area (Å²) in [5.41, 5.74) is 2.84. The molecule has 1 atom stereocenters. The molecule has 20 heavy (non-hydrogen) atoms. The number of nitrogens with one attached hydrogen (secondary N) is 1. The molecular formula is C17H27NO2. The summed E-state index contributed by atoms with van der Waals surface area (Å²) in [6.45, 7) is 6.03. The summed E-state index contributed by atoms with van der Waals surface area (Å²) in [6, 6.07) is 6.67. The maximum Gasteiger partial charge on any atom is 0.122 e. The highest BCUT2D eigenvalue weighted by atomic mass is 16.5. The lowest BCUT2D eigenvalue weighted by Gasteiger charge is -2.12. The standard InChI is InChI=1S/C17H27NO2/c1-14(7-9-18-10-12-19-2)3-4-15-5-6-17-16(13-15)8-11-20-17/h5-6,13-14,18H,3-4,7-12H2,1-2H3. The Kier molecular flexibility index (Phi) is 6.34. The second-order valence-electron chi connectivity index (χ2n) is 5.72. The van der Waals surface area contributed by atoms with Crippen LogP contribution in [0.25, 0.3) is 0 Å². The molecule has 1 unspecified atom stereocenters. The average Bonchev–Trinajstić information content (AvgIpc) is 2.92. The molecule has 0 saturated carbocycles. The van der Waals surface area contributed by atoms with Gasteiger partial charge in [-0.3, -0.25) is 0 Å². The Hall–Kier alpha value is -1.06. The normalized spacial score (nSPS) is 14.9. The lowest BCUT2D eigenvalue weighted by atomic mass is 9.97. The average molecular weight is 277 g/mol. The number of methoxy groups -OCH3 is 1. The van der Waals surface area contributed by atoms with Crippen molar-refractivity contribution in [2.75, 3.05) is 33.4 Å². The van der Waals surface area contributed by atoms with Crippen molar-refractivity contribution in [3.05, 3.63) is 29.3 Å². The maximum atomic E-state index is 5.55. The first-order valence-corrected chi connectivity index (χ1v) is 7.74. The summed E-state index contributed by atoms with van der Waals surface area (Å²) < 4.78 is 10.6. The zero-order chi connectivity index (χ0) is 14.2. The van der Waals surface area contributed by atoms with Gasteiger partial charge in [0.2, 0.25) is 0 Å². The van der Waals surface area contributed by atoms with Crippen molar-refractivity contribution in [3.63, 3.8) is 0 Å². The van der Waals surface area contributed by atoms with Crippen LogP contribution in [0.2, 0.25) is 0 Å². The fourth-order valence-corrected chi connectivity index (χ4v) is 2.60. The van der Waals surface area contributed by atoms with E-state index in [0.29, 0.717) is 0 Å². The lowest BCUT2D eigenvalue weighted by molar-refractivity contribution is 0.199. The summed E-state index contributed by atoms with van der Waals surface area (Å²) in [5.74, 6) is 1.85. The Morgan fingerprint density at radius 1 is 1.30 bits per heavy atom. The SMILES string of the molecule is COCCNCCC(C)CCc1ccc2c(c1)CCO2. The number of hydrogen-bond acceptors (Lipinski definition) is 3. The fourth-order valence-electron chi connectivity index (χ4n) is 2.60. The van der Waals surface area contributed by atoms with Crippen LogP contribution >= 0.6 is 0 Å². The molecule has 1 N–H and O–H groups in total. The van der Waals surface area contributed by atoms with Gasteiger partial charge in [-0.25, -0.2) is 0 Å². The van der Waals surface area contributed by atoms with Crippen LogP contribution in [0.15, 0.2) is 18.2 Å². The van der Waals surface area contributed by atoms with Gasteiger partial charge >= 0.3 is 0 Å². The molecule has 112 valence electrons. The van der Waals surface area contributed by atoms with Crippen molar-refractivity contribution >= 4 is 0 Å². The van der Waals surface area contributed by atoms with Gasteiger partial charge in [0.15, 0.2) is 0 Å². The predicted molar refractivity (Wildman–Crippen MR) is 82.5 cm³/mol. The van der Waals surface area contributed by atoms with Gasteiger partial charge < -0.3 is 14.8 Å². The van der Waals surface area contributed by atoms with Crippen molar-refractivity contribution in [2.24, 2.45) is 5.92 Å². The Morgan fingerprint density at radius 3 is 3.05 bits per heavy atom. The molecule has 0 bridgehead atoms. The molecule has 0 aromatic heterocycles. The lowest BCUT2D eigenvalue weighted by Crippen LogP contribution is -2.21. The number of benzene rings is 1. The van der Waals surface area contributed by atoms with Crippen LogP contribution in [0.3, 0.4) is 0 Å². The molecule has 3 heteroatoms. The van der Waals surface area contributed by atoms with Crippen molar-refractivity contribution in [2.45, 2.75) is 32.6 Å². The van der Waals surface area contributed by atoms with Crippen molar-refractivity contribution in [1.82, 2.24) is 5.32 Å². The molecule has 0 spiro atoms. The number of aryl methyl sites for hydroxylation is 1. The second-order valence-corrected chi connectivity index (χ2v) is 5.72. The zero-order valence-electron chi connectivity index (χ0n) is 12.8. The first kappa shape index (κ1) is 15.3. The van der Waals surface area contributed by atoms with Crippen LogP contribution in [0.4, 0.5) is 0 Å². The van der Waals surface area contributed by atoms with Crippen molar-refractivity contribution < 1.29 is 9.47 Å². The fraction of sp³-hybridized carbons (Fsp3) is 0.647. The highest BCUT2D eigenvalue weighted by Crippen LogP contribution is 2.26. The summed E-state index contributed by atoms with van der Waals surface area (Å²) in [5, 5.41) is 3.41. The van der Waals surface area contributed by atoms with Crippen molar-refractivity contribution in [3.8, 4) is 5.75 Å². The highest BCUT2D eigenvalue weighted by molar-refractivity contribution is 5.39. The van der Waals surface area contributed by atoms with Crippen LogP contribution in [0.5, 0.6) is 5.75 Å². The Balaban J connectivity index is 1.64. The van der Waals surface area contributed by atoms with E-state index in [0.717, 1.165) is 44.4 Å². The molecule has 1 aromatic carbocycles. The van der Waals surface area contributed by atoms with E-state index in [1.54, 1.807) is 7.11 Å². The Labute approximate surface area is 122 Å². The van der Waals surface area contributed by atoms with Gasteiger partial charge in [-0.1, -0.05) is 19.1 Å². The van der Waals surface area contributed by atoms with E-state index in [2.05, 4.69) is 30.4 Å². The van der Waals surface area contributed by atoms with Crippen LogP contribution in [-0.2, 0) is 17.6 Å². The van der Waals surface area contributed by atoms with Gasteiger partial charge in [0.25, 0.3) is 0 Å². The second kappa shape index (κ2) is 8.28. The number of ether oxygens (including phenoxy) is 2. The van der Waals surface area contributed by atoms with Crippen LogP contribution in [0, 0.1) is 5.92 Å². The third kappa shape index (κ3) is 4.80. The van der Waals surface area contributed by atoms with Gasteiger partial charge in [-0.15, -0.1) is 0 Å². The van der Waals surface area contributed by atoms with E-state index in [1.807, 2.05) is 0 Å². The van der Waals surface area contributed by atoms with E-state index in [1.165, 1.54) is 30.4 Å². The third-order valence-corrected chi connectivity index (χ3v) is 3.98. The molecule has 1 aliphatic rings. The molecule has 1 aromatic rings. The van der Waals surface area contributed by atoms with Gasteiger partial charge in [-0.05, 0) is 48.9 Å². The van der Waals surface area contributed by atoms with Gasteiger partial charge in [-0.2, -0.15) is 0 Å². The number of hydrogen-bond donors (Lipinski definition) is 1. The van der Waals surface area contributed by atoms with E-state index < -0.39 is 0 Å². The molecule has 3 nitrogen and oxygen atoms in total. The smallest absolute Gasteiger partial charge is 0.122 e. The topological polar surface area (TPSA) is 30.5 Å². The first-order valence-electron chi connectivity index (χ1n) is 7.74. The third-order valence-electron chi connectivity index (χ3n) is 3.98. The van der Waals surface area contributed by atoms with E-state index in [4.69, 9.17) is 9.47 Å². The van der Waals surface area contributed by atoms with E-state index in [9.17, 15) is 0 Å². The van der Waals surface area contributed by atoms with E-state index in [-0.39, 0.29) is 0 Å². The molecule has 0 fully saturated rings. The highest BCUT2D eigenvalue weighted by Gasteiger charge is 2.12. The monoisotopic (exact) mass is 277 g/mol. The molecule has 0 radical (unpaired) electrons. The maximum absolute atomic E-state index is 5.55. The Morgan fingerprint density at radius 2 is 2.20 bits per heavy atom. The van der Waals surface area contributed by atoms with Crippen LogP contribution < -0.4 is 10.1 Å². The summed E-state index contributed by atoms with van der Waals surface area (Å²) in [7, 11) is 1.74. The zero-order valence-corrected chi connectivity index (χ0v) is 12.8. The molecular weight excluding hydrogens is 250 g/mol. The number of rotatable bonds is 9. The molecule has 2 rings (SSSR count). The minimum Gasteiger partial charge on any atom is -0.493 e. The van der Waals surface area contributed by atoms with Gasteiger partial charge in [0.05, 0.1) is 13.2 Å². The molecule has 0 aliphatic carbocycles. The molecule has 1 aliphatic heterocycles. The minimum atomic E-state index is 0.759.